The fourth-order valence-corrected chi connectivity index (χ4v) is 2.91. The largest absolute Gasteiger partial charge is 0.490 e. The van der Waals surface area contributed by atoms with Gasteiger partial charge in [-0.15, -0.1) is 0 Å². The average molecular weight is 378 g/mol. The van der Waals surface area contributed by atoms with Crippen LogP contribution in [-0.4, -0.2) is 40.2 Å². The Morgan fingerprint density at radius 2 is 2.04 bits per heavy atom. The molecule has 0 unspecified atom stereocenters. The van der Waals surface area contributed by atoms with Crippen molar-refractivity contribution in [1.82, 2.24) is 9.97 Å². The summed E-state index contributed by atoms with van der Waals surface area (Å²) < 4.78 is 7.00. The molecule has 0 bridgehead atoms. The predicted molar refractivity (Wildman–Crippen MR) is 89.0 cm³/mol. The number of hydrogen-bond acceptors (Lipinski definition) is 5. The van der Waals surface area contributed by atoms with Gasteiger partial charge in [-0.05, 0) is 18.2 Å². The van der Waals surface area contributed by atoms with E-state index in [9.17, 15) is 4.79 Å². The van der Waals surface area contributed by atoms with Gasteiger partial charge in [0.1, 0.15) is 17.7 Å². The Balaban J connectivity index is 1.56. The first-order chi connectivity index (χ1) is 11.1. The number of aromatic nitrogens is 2. The van der Waals surface area contributed by atoms with Crippen LogP contribution in [0.15, 0.2) is 41.1 Å². The first-order valence-corrected chi connectivity index (χ1v) is 8.13. The Morgan fingerprint density at radius 1 is 1.26 bits per heavy atom. The summed E-state index contributed by atoms with van der Waals surface area (Å²) in [5.74, 6) is 0.504. The second-order valence-corrected chi connectivity index (χ2v) is 6.24. The lowest BCUT2D eigenvalue weighted by molar-refractivity contribution is 0.0690. The maximum atomic E-state index is 10.8. The molecule has 1 fully saturated rings. The molecular formula is C16H16BrN3O3. The van der Waals surface area contributed by atoms with E-state index in [1.807, 2.05) is 24.3 Å². The van der Waals surface area contributed by atoms with Gasteiger partial charge in [0.05, 0.1) is 12.4 Å². The molecule has 1 aliphatic heterocycles. The van der Waals surface area contributed by atoms with Gasteiger partial charge in [0.2, 0.25) is 0 Å². The van der Waals surface area contributed by atoms with Crippen molar-refractivity contribution in [2.24, 2.45) is 0 Å². The summed E-state index contributed by atoms with van der Waals surface area (Å²) >= 11 is 3.44. The fourth-order valence-electron chi connectivity index (χ4n) is 2.53. The van der Waals surface area contributed by atoms with Crippen LogP contribution in [0.1, 0.15) is 23.3 Å². The molecule has 1 N–H and O–H groups in total. The lowest BCUT2D eigenvalue weighted by atomic mass is 10.1. The summed E-state index contributed by atoms with van der Waals surface area (Å²) in [7, 11) is 0. The molecule has 2 heterocycles. The molecule has 1 aromatic carbocycles. The molecule has 0 atom stereocenters. The third kappa shape index (κ3) is 3.98. The van der Waals surface area contributed by atoms with E-state index >= 15 is 0 Å². The third-order valence-corrected chi connectivity index (χ3v) is 4.22. The van der Waals surface area contributed by atoms with E-state index in [1.54, 1.807) is 0 Å². The molecule has 1 saturated heterocycles. The van der Waals surface area contributed by atoms with Crippen LogP contribution < -0.4 is 9.64 Å². The van der Waals surface area contributed by atoms with Crippen LogP contribution in [-0.2, 0) is 0 Å². The maximum Gasteiger partial charge on any atom is 0.356 e. The SMILES string of the molecule is O=C(O)c1cnc(N2CCC(Oc3cccc(Br)c3)CC2)cn1. The minimum absolute atomic E-state index is 0.0402. The van der Waals surface area contributed by atoms with Gasteiger partial charge in [-0.3, -0.25) is 0 Å². The molecule has 0 saturated carbocycles. The van der Waals surface area contributed by atoms with Gasteiger partial charge in [-0.25, -0.2) is 14.8 Å². The van der Waals surface area contributed by atoms with Gasteiger partial charge in [-0.1, -0.05) is 22.0 Å². The molecule has 0 amide bonds. The number of carboxylic acid groups (broad SMARTS) is 1. The van der Waals surface area contributed by atoms with Crippen molar-refractivity contribution in [2.75, 3.05) is 18.0 Å². The van der Waals surface area contributed by atoms with Crippen molar-refractivity contribution >= 4 is 27.7 Å². The number of nitrogens with zero attached hydrogens (tertiary/aromatic N) is 3. The van der Waals surface area contributed by atoms with Crippen LogP contribution >= 0.6 is 15.9 Å². The Kier molecular flexibility index (Phi) is 4.76. The van der Waals surface area contributed by atoms with E-state index in [0.717, 1.165) is 36.2 Å². The van der Waals surface area contributed by atoms with Crippen LogP contribution in [0.3, 0.4) is 0 Å². The zero-order valence-electron chi connectivity index (χ0n) is 12.4. The molecule has 1 aromatic heterocycles. The van der Waals surface area contributed by atoms with Crippen molar-refractivity contribution in [1.29, 1.82) is 0 Å². The Hall–Kier alpha value is -2.15. The van der Waals surface area contributed by atoms with Gasteiger partial charge >= 0.3 is 5.97 Å². The number of halogens is 1. The first kappa shape index (κ1) is 15.7. The maximum absolute atomic E-state index is 10.8. The summed E-state index contributed by atoms with van der Waals surface area (Å²) in [6, 6.07) is 7.83. The van der Waals surface area contributed by atoms with Gasteiger partial charge < -0.3 is 14.7 Å². The second-order valence-electron chi connectivity index (χ2n) is 5.33. The number of aromatic carboxylic acids is 1. The molecule has 120 valence electrons. The smallest absolute Gasteiger partial charge is 0.356 e. The average Bonchev–Trinajstić information content (AvgIpc) is 2.56. The minimum Gasteiger partial charge on any atom is -0.490 e. The Morgan fingerprint density at radius 3 is 2.65 bits per heavy atom. The summed E-state index contributed by atoms with van der Waals surface area (Å²) in [5.41, 5.74) is -0.0402. The fraction of sp³-hybridized carbons (Fsp3) is 0.312. The number of benzene rings is 1. The summed E-state index contributed by atoms with van der Waals surface area (Å²) in [4.78, 5) is 21.0. The number of hydrogen-bond donors (Lipinski definition) is 1. The van der Waals surface area contributed by atoms with E-state index in [2.05, 4.69) is 30.8 Å². The van der Waals surface area contributed by atoms with Crippen molar-refractivity contribution in [3.05, 3.63) is 46.8 Å². The Bertz CT molecular complexity index is 685. The molecular weight excluding hydrogens is 362 g/mol. The molecule has 7 heteroatoms. The number of rotatable bonds is 4. The van der Waals surface area contributed by atoms with E-state index < -0.39 is 5.97 Å². The number of carbonyl (C=O) groups is 1. The normalized spacial score (nSPS) is 15.4. The molecule has 6 nitrogen and oxygen atoms in total. The van der Waals surface area contributed by atoms with Gasteiger partial charge in [0.15, 0.2) is 5.69 Å². The Labute approximate surface area is 142 Å². The summed E-state index contributed by atoms with van der Waals surface area (Å²) in [6.07, 6.45) is 4.75. The number of ether oxygens (including phenoxy) is 1. The number of anilines is 1. The van der Waals surface area contributed by atoms with Crippen LogP contribution in [0.2, 0.25) is 0 Å². The van der Waals surface area contributed by atoms with Crippen molar-refractivity contribution < 1.29 is 14.6 Å². The minimum atomic E-state index is -1.06. The lowest BCUT2D eigenvalue weighted by Gasteiger charge is -2.32. The highest BCUT2D eigenvalue weighted by molar-refractivity contribution is 9.10. The molecule has 3 rings (SSSR count). The monoisotopic (exact) mass is 377 g/mol. The van der Waals surface area contributed by atoms with E-state index in [4.69, 9.17) is 9.84 Å². The molecule has 0 aliphatic carbocycles. The third-order valence-electron chi connectivity index (χ3n) is 3.72. The number of piperidine rings is 1. The van der Waals surface area contributed by atoms with E-state index in [1.165, 1.54) is 12.4 Å². The van der Waals surface area contributed by atoms with Crippen LogP contribution in [0.25, 0.3) is 0 Å². The highest BCUT2D eigenvalue weighted by Crippen LogP contribution is 2.23. The topological polar surface area (TPSA) is 75.5 Å². The van der Waals surface area contributed by atoms with Crippen molar-refractivity contribution in [3.63, 3.8) is 0 Å². The molecule has 0 spiro atoms. The van der Waals surface area contributed by atoms with Gasteiger partial charge in [-0.2, -0.15) is 0 Å². The standard InChI is InChI=1S/C16H16BrN3O3/c17-11-2-1-3-13(8-11)23-12-4-6-20(7-5-12)15-10-18-14(9-19-15)16(21)22/h1-3,8-10,12H,4-7H2,(H,21,22). The van der Waals surface area contributed by atoms with Gasteiger partial charge in [0.25, 0.3) is 0 Å². The highest BCUT2D eigenvalue weighted by atomic mass is 79.9. The van der Waals surface area contributed by atoms with Crippen molar-refractivity contribution in [3.8, 4) is 5.75 Å². The molecule has 1 aliphatic rings. The van der Waals surface area contributed by atoms with Crippen molar-refractivity contribution in [2.45, 2.75) is 18.9 Å². The summed E-state index contributed by atoms with van der Waals surface area (Å²) in [6.45, 7) is 1.61. The van der Waals surface area contributed by atoms with Crippen LogP contribution in [0.5, 0.6) is 5.75 Å². The number of carboxylic acids is 1. The predicted octanol–water partition coefficient (Wildman–Crippen LogP) is 2.99. The van der Waals surface area contributed by atoms with E-state index in [0.29, 0.717) is 5.82 Å². The molecule has 0 radical (unpaired) electrons. The summed E-state index contributed by atoms with van der Waals surface area (Å²) in [5, 5.41) is 8.84. The molecule has 2 aromatic rings. The second kappa shape index (κ2) is 6.95. The first-order valence-electron chi connectivity index (χ1n) is 7.34. The zero-order chi connectivity index (χ0) is 16.2. The highest BCUT2D eigenvalue weighted by Gasteiger charge is 2.22. The lowest BCUT2D eigenvalue weighted by Crippen LogP contribution is -2.38. The van der Waals surface area contributed by atoms with Crippen LogP contribution in [0.4, 0.5) is 5.82 Å². The van der Waals surface area contributed by atoms with Gasteiger partial charge in [0, 0.05) is 30.4 Å². The zero-order valence-corrected chi connectivity index (χ0v) is 13.9. The van der Waals surface area contributed by atoms with E-state index in [-0.39, 0.29) is 11.8 Å². The quantitative estimate of drug-likeness (QED) is 0.882. The molecule has 23 heavy (non-hydrogen) atoms. The van der Waals surface area contributed by atoms with Crippen LogP contribution in [0, 0.1) is 0 Å².